The third-order valence-corrected chi connectivity index (χ3v) is 4.58. The molecule has 1 heterocycles. The minimum absolute atomic E-state index is 0.218. The Bertz CT molecular complexity index is 356. The third-order valence-electron chi connectivity index (χ3n) is 3.84. The largest absolute Gasteiger partial charge is 0.356 e. The molecule has 0 saturated heterocycles. The number of nitrogens with two attached hydrogens (primary N) is 1. The highest BCUT2D eigenvalue weighted by molar-refractivity contribution is 7.07. The van der Waals surface area contributed by atoms with Gasteiger partial charge in [-0.05, 0) is 67.0 Å². The van der Waals surface area contributed by atoms with E-state index in [1.165, 1.54) is 5.56 Å². The van der Waals surface area contributed by atoms with E-state index in [1.807, 2.05) is 0 Å². The zero-order valence-electron chi connectivity index (χ0n) is 10.7. The number of carbonyl (C=O) groups excluding carboxylic acids is 1. The van der Waals surface area contributed by atoms with Gasteiger partial charge in [0.2, 0.25) is 5.91 Å². The summed E-state index contributed by atoms with van der Waals surface area (Å²) in [7, 11) is 0. The Morgan fingerprint density at radius 1 is 1.39 bits per heavy atom. The topological polar surface area (TPSA) is 55.1 Å². The third kappa shape index (κ3) is 3.82. The van der Waals surface area contributed by atoms with Gasteiger partial charge in [0, 0.05) is 12.5 Å². The maximum Gasteiger partial charge on any atom is 0.223 e. The monoisotopic (exact) mass is 266 g/mol. The lowest BCUT2D eigenvalue weighted by atomic mass is 9.81. The lowest BCUT2D eigenvalue weighted by Crippen LogP contribution is -2.35. The van der Waals surface area contributed by atoms with Crippen molar-refractivity contribution in [3.05, 3.63) is 22.4 Å². The van der Waals surface area contributed by atoms with Crippen LogP contribution in [-0.4, -0.2) is 19.0 Å². The fourth-order valence-corrected chi connectivity index (χ4v) is 3.27. The van der Waals surface area contributed by atoms with Gasteiger partial charge in [0.1, 0.15) is 0 Å². The summed E-state index contributed by atoms with van der Waals surface area (Å²) in [6, 6.07) is 2.11. The lowest BCUT2D eigenvalue weighted by Gasteiger charge is -2.26. The molecule has 0 radical (unpaired) electrons. The Morgan fingerprint density at radius 3 is 2.78 bits per heavy atom. The first-order valence-corrected chi connectivity index (χ1v) is 7.72. The van der Waals surface area contributed by atoms with Crippen LogP contribution in [-0.2, 0) is 11.2 Å². The van der Waals surface area contributed by atoms with Crippen molar-refractivity contribution in [2.45, 2.75) is 32.1 Å². The minimum Gasteiger partial charge on any atom is -0.356 e. The number of nitrogens with one attached hydrogen (secondary N) is 1. The molecule has 1 saturated carbocycles. The van der Waals surface area contributed by atoms with E-state index in [0.29, 0.717) is 5.92 Å². The van der Waals surface area contributed by atoms with E-state index in [4.69, 9.17) is 5.73 Å². The van der Waals surface area contributed by atoms with Crippen LogP contribution in [0.1, 0.15) is 31.2 Å². The quantitative estimate of drug-likeness (QED) is 0.858. The molecule has 1 amide bonds. The smallest absolute Gasteiger partial charge is 0.223 e. The molecular weight excluding hydrogens is 244 g/mol. The van der Waals surface area contributed by atoms with Crippen LogP contribution < -0.4 is 11.1 Å². The zero-order valence-corrected chi connectivity index (χ0v) is 11.5. The molecule has 0 aliphatic heterocycles. The molecule has 1 aliphatic rings. The van der Waals surface area contributed by atoms with Crippen molar-refractivity contribution in [1.82, 2.24) is 5.32 Å². The Kier molecular flexibility index (Phi) is 5.20. The maximum atomic E-state index is 12.0. The van der Waals surface area contributed by atoms with Gasteiger partial charge in [-0.25, -0.2) is 0 Å². The molecular formula is C14H22N2OS. The molecule has 2 rings (SSSR count). The Labute approximate surface area is 113 Å². The van der Waals surface area contributed by atoms with Crippen LogP contribution in [0.4, 0.5) is 0 Å². The average Bonchev–Trinajstić information content (AvgIpc) is 2.92. The molecule has 18 heavy (non-hydrogen) atoms. The van der Waals surface area contributed by atoms with Gasteiger partial charge in [-0.2, -0.15) is 11.3 Å². The predicted molar refractivity (Wildman–Crippen MR) is 75.5 cm³/mol. The summed E-state index contributed by atoms with van der Waals surface area (Å²) in [5.74, 6) is 1.09. The number of hydrogen-bond donors (Lipinski definition) is 2. The van der Waals surface area contributed by atoms with Crippen molar-refractivity contribution in [2.24, 2.45) is 17.6 Å². The number of hydrogen-bond acceptors (Lipinski definition) is 3. The molecule has 0 atom stereocenters. The van der Waals surface area contributed by atoms with Gasteiger partial charge in [-0.1, -0.05) is 0 Å². The van der Waals surface area contributed by atoms with Gasteiger partial charge in [-0.3, -0.25) is 4.79 Å². The van der Waals surface area contributed by atoms with Crippen LogP contribution >= 0.6 is 11.3 Å². The van der Waals surface area contributed by atoms with Gasteiger partial charge in [-0.15, -0.1) is 0 Å². The highest BCUT2D eigenvalue weighted by Gasteiger charge is 2.25. The van der Waals surface area contributed by atoms with E-state index in [-0.39, 0.29) is 11.8 Å². The van der Waals surface area contributed by atoms with Crippen LogP contribution in [0.15, 0.2) is 16.8 Å². The fourth-order valence-electron chi connectivity index (χ4n) is 2.57. The van der Waals surface area contributed by atoms with Crippen molar-refractivity contribution >= 4 is 17.2 Å². The van der Waals surface area contributed by atoms with Crippen molar-refractivity contribution < 1.29 is 4.79 Å². The predicted octanol–water partition coefficient (Wildman–Crippen LogP) is 2.17. The second-order valence-corrected chi connectivity index (χ2v) is 5.91. The summed E-state index contributed by atoms with van der Waals surface area (Å²) < 4.78 is 0. The van der Waals surface area contributed by atoms with E-state index < -0.39 is 0 Å². The van der Waals surface area contributed by atoms with Gasteiger partial charge in [0.05, 0.1) is 0 Å². The second kappa shape index (κ2) is 6.90. The number of thiophene rings is 1. The molecule has 0 spiro atoms. The Hall–Kier alpha value is -0.870. The zero-order chi connectivity index (χ0) is 12.8. The van der Waals surface area contributed by atoms with E-state index in [9.17, 15) is 4.79 Å². The second-order valence-electron chi connectivity index (χ2n) is 5.13. The SMILES string of the molecule is NCC1CCC(C(=O)NCCc2ccsc2)CC1. The molecule has 0 aromatic carbocycles. The molecule has 1 fully saturated rings. The summed E-state index contributed by atoms with van der Waals surface area (Å²) in [5.41, 5.74) is 6.97. The van der Waals surface area contributed by atoms with Crippen LogP contribution in [0, 0.1) is 11.8 Å². The van der Waals surface area contributed by atoms with Gasteiger partial charge < -0.3 is 11.1 Å². The summed E-state index contributed by atoms with van der Waals surface area (Å²) in [5, 5.41) is 7.27. The van der Waals surface area contributed by atoms with E-state index >= 15 is 0 Å². The molecule has 1 aliphatic carbocycles. The van der Waals surface area contributed by atoms with Crippen LogP contribution in [0.5, 0.6) is 0 Å². The highest BCUT2D eigenvalue weighted by atomic mass is 32.1. The first-order valence-electron chi connectivity index (χ1n) is 6.78. The minimum atomic E-state index is 0.218. The lowest BCUT2D eigenvalue weighted by molar-refractivity contribution is -0.126. The molecule has 1 aromatic heterocycles. The molecule has 100 valence electrons. The van der Waals surface area contributed by atoms with E-state index in [1.54, 1.807) is 11.3 Å². The van der Waals surface area contributed by atoms with Crippen molar-refractivity contribution in [3.63, 3.8) is 0 Å². The molecule has 0 unspecified atom stereocenters. The Morgan fingerprint density at radius 2 is 2.17 bits per heavy atom. The summed E-state index contributed by atoms with van der Waals surface area (Å²) in [6.45, 7) is 1.53. The van der Waals surface area contributed by atoms with Crippen LogP contribution in [0.3, 0.4) is 0 Å². The van der Waals surface area contributed by atoms with Crippen LogP contribution in [0.25, 0.3) is 0 Å². The van der Waals surface area contributed by atoms with Crippen molar-refractivity contribution in [2.75, 3.05) is 13.1 Å². The molecule has 4 heteroatoms. The van der Waals surface area contributed by atoms with Crippen LogP contribution in [0.2, 0.25) is 0 Å². The number of amides is 1. The summed E-state index contributed by atoms with van der Waals surface area (Å²) >= 11 is 1.70. The van der Waals surface area contributed by atoms with Gasteiger partial charge in [0.25, 0.3) is 0 Å². The summed E-state index contributed by atoms with van der Waals surface area (Å²) in [4.78, 5) is 12.0. The van der Waals surface area contributed by atoms with Gasteiger partial charge in [0.15, 0.2) is 0 Å². The first kappa shape index (κ1) is 13.6. The molecule has 0 bridgehead atoms. The van der Waals surface area contributed by atoms with Crippen molar-refractivity contribution in [1.29, 1.82) is 0 Å². The van der Waals surface area contributed by atoms with Crippen molar-refractivity contribution in [3.8, 4) is 0 Å². The maximum absolute atomic E-state index is 12.0. The molecule has 3 nitrogen and oxygen atoms in total. The molecule has 3 N–H and O–H groups in total. The fraction of sp³-hybridized carbons (Fsp3) is 0.643. The first-order chi connectivity index (χ1) is 8.79. The average molecular weight is 266 g/mol. The standard InChI is InChI=1S/C14H22N2OS/c15-9-11-1-3-13(4-2-11)14(17)16-7-5-12-6-8-18-10-12/h6,8,10-11,13H,1-5,7,9,15H2,(H,16,17). The summed E-state index contributed by atoms with van der Waals surface area (Å²) in [6.07, 6.45) is 5.17. The normalized spacial score (nSPS) is 23.8. The van der Waals surface area contributed by atoms with E-state index in [2.05, 4.69) is 22.1 Å². The van der Waals surface area contributed by atoms with Gasteiger partial charge >= 0.3 is 0 Å². The van der Waals surface area contributed by atoms with E-state index in [0.717, 1.165) is 45.2 Å². The highest BCUT2D eigenvalue weighted by Crippen LogP contribution is 2.28. The number of rotatable bonds is 5. The molecule has 1 aromatic rings. The Balaban J connectivity index is 1.66. The number of carbonyl (C=O) groups is 1.